The molecule has 4 heteroatoms. The van der Waals surface area contributed by atoms with Crippen LogP contribution in [-0.2, 0) is 0 Å². The Morgan fingerprint density at radius 2 is 1.85 bits per heavy atom. The number of rotatable bonds is 2. The van der Waals surface area contributed by atoms with E-state index in [0.717, 1.165) is 31.7 Å². The van der Waals surface area contributed by atoms with Crippen LogP contribution in [0.15, 0.2) is 12.1 Å². The van der Waals surface area contributed by atoms with Crippen molar-refractivity contribution in [3.63, 3.8) is 0 Å². The first kappa shape index (κ1) is 15.3. The third kappa shape index (κ3) is 2.96. The first-order chi connectivity index (χ1) is 9.32. The smallest absolute Gasteiger partial charge is 0.131 e. The zero-order valence-corrected chi connectivity index (χ0v) is 12.8. The molecule has 0 aliphatic carbocycles. The third-order valence-electron chi connectivity index (χ3n) is 3.98. The molecule has 0 radical (unpaired) electrons. The van der Waals surface area contributed by atoms with Crippen LogP contribution in [0.2, 0.25) is 0 Å². The van der Waals surface area contributed by atoms with Gasteiger partial charge in [-0.25, -0.2) is 4.39 Å². The van der Waals surface area contributed by atoms with Crippen molar-refractivity contribution in [2.75, 3.05) is 26.2 Å². The van der Waals surface area contributed by atoms with Crippen molar-refractivity contribution in [2.24, 2.45) is 5.41 Å². The molecule has 0 bridgehead atoms. The van der Waals surface area contributed by atoms with Gasteiger partial charge in [0.15, 0.2) is 0 Å². The third-order valence-corrected chi connectivity index (χ3v) is 3.98. The predicted molar refractivity (Wildman–Crippen MR) is 79.4 cm³/mol. The molecule has 0 amide bonds. The maximum absolute atomic E-state index is 14.4. The number of hydrogen-bond acceptors (Lipinski definition) is 3. The number of aryl methyl sites for hydroxylation is 1. The van der Waals surface area contributed by atoms with Gasteiger partial charge in [0.25, 0.3) is 0 Å². The number of aromatic hydroxyl groups is 1. The molecule has 0 aromatic heterocycles. The lowest BCUT2D eigenvalue weighted by Crippen LogP contribution is -2.48. The van der Waals surface area contributed by atoms with Gasteiger partial charge in [-0.2, -0.15) is 0 Å². The Labute approximate surface area is 120 Å². The van der Waals surface area contributed by atoms with Crippen molar-refractivity contribution in [3.8, 4) is 5.75 Å². The van der Waals surface area contributed by atoms with Crippen LogP contribution in [0.1, 0.15) is 37.9 Å². The Balaban J connectivity index is 2.49. The Bertz CT molecular complexity index is 476. The molecule has 1 heterocycles. The largest absolute Gasteiger partial charge is 0.507 e. The fraction of sp³-hybridized carbons (Fsp3) is 0.625. The Hall–Kier alpha value is -1.13. The number of nitrogens with one attached hydrogen (secondary N) is 1. The molecule has 1 aliphatic heterocycles. The summed E-state index contributed by atoms with van der Waals surface area (Å²) in [5.41, 5.74) is 1.02. The van der Waals surface area contributed by atoms with Crippen molar-refractivity contribution in [3.05, 3.63) is 29.1 Å². The number of piperazine rings is 1. The van der Waals surface area contributed by atoms with Crippen molar-refractivity contribution >= 4 is 0 Å². The molecule has 2 N–H and O–H groups in total. The van der Waals surface area contributed by atoms with Crippen molar-refractivity contribution in [1.82, 2.24) is 10.2 Å². The monoisotopic (exact) mass is 280 g/mol. The van der Waals surface area contributed by atoms with Crippen LogP contribution in [0.25, 0.3) is 0 Å². The average Bonchev–Trinajstić information content (AvgIpc) is 2.39. The molecule has 0 unspecified atom stereocenters. The van der Waals surface area contributed by atoms with E-state index in [4.69, 9.17) is 0 Å². The lowest BCUT2D eigenvalue weighted by atomic mass is 9.80. The van der Waals surface area contributed by atoms with Gasteiger partial charge in [0, 0.05) is 37.8 Å². The van der Waals surface area contributed by atoms with Crippen LogP contribution < -0.4 is 5.32 Å². The summed E-state index contributed by atoms with van der Waals surface area (Å²) in [6, 6.07) is 2.97. The van der Waals surface area contributed by atoms with Crippen LogP contribution >= 0.6 is 0 Å². The lowest BCUT2D eigenvalue weighted by molar-refractivity contribution is 0.0812. The van der Waals surface area contributed by atoms with Crippen LogP contribution in [0, 0.1) is 18.2 Å². The van der Waals surface area contributed by atoms with E-state index in [9.17, 15) is 9.50 Å². The van der Waals surface area contributed by atoms with Crippen LogP contribution in [-0.4, -0.2) is 36.2 Å². The maximum atomic E-state index is 14.4. The molecular formula is C16H25FN2O. The molecule has 112 valence electrons. The number of phenolic OH excluding ortho intramolecular Hbond substituents is 1. The summed E-state index contributed by atoms with van der Waals surface area (Å²) in [7, 11) is 0. The summed E-state index contributed by atoms with van der Waals surface area (Å²) >= 11 is 0. The molecule has 1 aromatic carbocycles. The van der Waals surface area contributed by atoms with Gasteiger partial charge >= 0.3 is 0 Å². The fourth-order valence-corrected chi connectivity index (χ4v) is 3.06. The fourth-order valence-electron chi connectivity index (χ4n) is 3.06. The van der Waals surface area contributed by atoms with Gasteiger partial charge in [-0.05, 0) is 24.0 Å². The quantitative estimate of drug-likeness (QED) is 0.874. The minimum absolute atomic E-state index is 0.100. The Morgan fingerprint density at radius 3 is 2.40 bits per heavy atom. The number of phenols is 1. The van der Waals surface area contributed by atoms with E-state index in [2.05, 4.69) is 31.0 Å². The molecule has 1 aromatic rings. The second-order valence-electron chi connectivity index (χ2n) is 6.68. The second-order valence-corrected chi connectivity index (χ2v) is 6.68. The second kappa shape index (κ2) is 5.70. The summed E-state index contributed by atoms with van der Waals surface area (Å²) in [5, 5.41) is 13.7. The van der Waals surface area contributed by atoms with E-state index in [1.165, 1.54) is 6.07 Å². The standard InChI is InChI=1S/C16H25FN2O/c1-11-5-6-12(17)13(14(11)20)15(16(2,3)4)19-9-7-18-8-10-19/h5-6,15,18,20H,7-10H2,1-4H3/t15-/m0/s1. The molecule has 0 spiro atoms. The van der Waals surface area contributed by atoms with Crippen LogP contribution in [0.4, 0.5) is 4.39 Å². The topological polar surface area (TPSA) is 35.5 Å². The molecule has 0 saturated carbocycles. The highest BCUT2D eigenvalue weighted by molar-refractivity contribution is 5.43. The van der Waals surface area contributed by atoms with E-state index in [1.807, 2.05) is 6.92 Å². The minimum Gasteiger partial charge on any atom is -0.507 e. The average molecular weight is 280 g/mol. The zero-order chi connectivity index (χ0) is 14.9. The van der Waals surface area contributed by atoms with Gasteiger partial charge in [0.1, 0.15) is 11.6 Å². The first-order valence-electron chi connectivity index (χ1n) is 7.25. The van der Waals surface area contributed by atoms with E-state index in [-0.39, 0.29) is 23.0 Å². The molecule has 1 saturated heterocycles. The SMILES string of the molecule is Cc1ccc(F)c([C@H](N2CCNCC2)C(C)(C)C)c1O. The summed E-state index contributed by atoms with van der Waals surface area (Å²) in [6.45, 7) is 11.7. The van der Waals surface area contributed by atoms with Crippen LogP contribution in [0.5, 0.6) is 5.75 Å². The normalized spacial score (nSPS) is 19.1. The van der Waals surface area contributed by atoms with Gasteiger partial charge in [-0.3, -0.25) is 4.90 Å². The van der Waals surface area contributed by atoms with Gasteiger partial charge in [0.2, 0.25) is 0 Å². The number of halogens is 1. The lowest BCUT2D eigenvalue weighted by Gasteiger charge is -2.43. The van der Waals surface area contributed by atoms with E-state index in [1.54, 1.807) is 6.07 Å². The summed E-state index contributed by atoms with van der Waals surface area (Å²) in [4.78, 5) is 2.27. The number of benzene rings is 1. The number of nitrogens with zero attached hydrogens (tertiary/aromatic N) is 1. The van der Waals surface area contributed by atoms with Crippen molar-refractivity contribution in [1.29, 1.82) is 0 Å². The molecule has 1 aliphatic rings. The van der Waals surface area contributed by atoms with Crippen LogP contribution in [0.3, 0.4) is 0 Å². The molecular weight excluding hydrogens is 255 g/mol. The molecule has 1 atom stereocenters. The Kier molecular flexibility index (Phi) is 4.35. The maximum Gasteiger partial charge on any atom is 0.131 e. The predicted octanol–water partition coefficient (Wildman–Crippen LogP) is 2.83. The Morgan fingerprint density at radius 1 is 1.25 bits per heavy atom. The van der Waals surface area contributed by atoms with Gasteiger partial charge < -0.3 is 10.4 Å². The molecule has 2 rings (SSSR count). The van der Waals surface area contributed by atoms with Crippen molar-refractivity contribution < 1.29 is 9.50 Å². The highest BCUT2D eigenvalue weighted by Crippen LogP contribution is 2.43. The summed E-state index contributed by atoms with van der Waals surface area (Å²) < 4.78 is 14.4. The van der Waals surface area contributed by atoms with Gasteiger partial charge in [-0.15, -0.1) is 0 Å². The van der Waals surface area contributed by atoms with Gasteiger partial charge in [0.05, 0.1) is 0 Å². The highest BCUT2D eigenvalue weighted by Gasteiger charge is 2.36. The van der Waals surface area contributed by atoms with E-state index in [0.29, 0.717) is 5.56 Å². The zero-order valence-electron chi connectivity index (χ0n) is 12.8. The summed E-state index contributed by atoms with van der Waals surface area (Å²) in [5.74, 6) is -0.213. The van der Waals surface area contributed by atoms with E-state index < -0.39 is 0 Å². The molecule has 20 heavy (non-hydrogen) atoms. The summed E-state index contributed by atoms with van der Waals surface area (Å²) in [6.07, 6.45) is 0. The number of hydrogen-bond donors (Lipinski definition) is 2. The molecule has 3 nitrogen and oxygen atoms in total. The van der Waals surface area contributed by atoms with Crippen molar-refractivity contribution in [2.45, 2.75) is 33.7 Å². The van der Waals surface area contributed by atoms with Gasteiger partial charge in [-0.1, -0.05) is 26.8 Å². The first-order valence-corrected chi connectivity index (χ1v) is 7.25. The molecule has 1 fully saturated rings. The highest BCUT2D eigenvalue weighted by atomic mass is 19.1. The minimum atomic E-state index is -0.313. The van der Waals surface area contributed by atoms with E-state index >= 15 is 0 Å².